The highest BCUT2D eigenvalue weighted by Crippen LogP contribution is 2.34. The van der Waals surface area contributed by atoms with Crippen molar-refractivity contribution in [1.82, 2.24) is 25.6 Å². The van der Waals surface area contributed by atoms with Gasteiger partial charge >= 0.3 is 0 Å². The normalized spacial score (nSPS) is 16.9. The van der Waals surface area contributed by atoms with Crippen molar-refractivity contribution in [3.63, 3.8) is 0 Å². The molecular formula is C19H25F2N5O. The maximum Gasteiger partial charge on any atom is 0.273 e. The van der Waals surface area contributed by atoms with Gasteiger partial charge in [0.1, 0.15) is 11.6 Å². The molecule has 1 fully saturated rings. The van der Waals surface area contributed by atoms with Gasteiger partial charge in [0, 0.05) is 11.6 Å². The van der Waals surface area contributed by atoms with Gasteiger partial charge in [-0.3, -0.25) is 4.79 Å². The zero-order chi connectivity index (χ0) is 19.6. The number of halogens is 2. The number of nitrogens with one attached hydrogen (secondary N) is 2. The van der Waals surface area contributed by atoms with E-state index in [1.54, 1.807) is 10.9 Å². The Morgan fingerprint density at radius 3 is 2.63 bits per heavy atom. The van der Waals surface area contributed by atoms with Crippen molar-refractivity contribution in [2.75, 3.05) is 13.1 Å². The molecule has 1 atom stereocenters. The average Bonchev–Trinajstić information content (AvgIpc) is 3.10. The molecule has 0 saturated carbocycles. The average molecular weight is 377 g/mol. The van der Waals surface area contributed by atoms with Crippen molar-refractivity contribution >= 4 is 5.91 Å². The van der Waals surface area contributed by atoms with Crippen molar-refractivity contribution in [2.45, 2.75) is 45.7 Å². The molecule has 1 aromatic heterocycles. The largest absolute Gasteiger partial charge is 0.343 e. The Morgan fingerprint density at radius 1 is 1.30 bits per heavy atom. The zero-order valence-electron chi connectivity index (χ0n) is 15.8. The third kappa shape index (κ3) is 4.50. The summed E-state index contributed by atoms with van der Waals surface area (Å²) in [6, 6.07) is 2.96. The topological polar surface area (TPSA) is 71.8 Å². The molecule has 1 saturated heterocycles. The van der Waals surface area contributed by atoms with Gasteiger partial charge in [-0.15, -0.1) is 5.10 Å². The van der Waals surface area contributed by atoms with Gasteiger partial charge in [0.2, 0.25) is 0 Å². The Labute approximate surface area is 157 Å². The monoisotopic (exact) mass is 377 g/mol. The maximum absolute atomic E-state index is 14.3. The minimum Gasteiger partial charge on any atom is -0.343 e. The summed E-state index contributed by atoms with van der Waals surface area (Å²) in [5, 5.41) is 14.2. The number of amides is 1. The number of hydrogen-bond donors (Lipinski definition) is 2. The summed E-state index contributed by atoms with van der Waals surface area (Å²) in [5.74, 6) is -1.77. The summed E-state index contributed by atoms with van der Waals surface area (Å²) in [4.78, 5) is 12.7. The molecule has 0 aliphatic carbocycles. The summed E-state index contributed by atoms with van der Waals surface area (Å²) in [6.45, 7) is 7.45. The predicted octanol–water partition coefficient (Wildman–Crippen LogP) is 3.00. The van der Waals surface area contributed by atoms with E-state index in [0.29, 0.717) is 0 Å². The lowest BCUT2D eigenvalue weighted by Gasteiger charge is -2.32. The van der Waals surface area contributed by atoms with Crippen LogP contribution in [0.1, 0.15) is 61.7 Å². The highest BCUT2D eigenvalue weighted by molar-refractivity contribution is 5.92. The summed E-state index contributed by atoms with van der Waals surface area (Å²) < 4.78 is 29.3. The number of benzene rings is 1. The van der Waals surface area contributed by atoms with E-state index in [4.69, 9.17) is 0 Å². The Kier molecular flexibility index (Phi) is 5.55. The summed E-state index contributed by atoms with van der Waals surface area (Å²) in [7, 11) is 0. The fourth-order valence-electron chi connectivity index (χ4n) is 3.33. The molecule has 8 heteroatoms. The number of aromatic nitrogens is 3. The molecule has 1 aliphatic heterocycles. The number of rotatable bonds is 4. The minimum absolute atomic E-state index is 0.185. The lowest BCUT2D eigenvalue weighted by atomic mass is 9.82. The van der Waals surface area contributed by atoms with Gasteiger partial charge < -0.3 is 10.6 Å². The third-order valence-corrected chi connectivity index (χ3v) is 4.84. The summed E-state index contributed by atoms with van der Waals surface area (Å²) in [5.41, 5.74) is -0.0624. The van der Waals surface area contributed by atoms with E-state index in [2.05, 4.69) is 20.9 Å². The van der Waals surface area contributed by atoms with E-state index in [1.165, 1.54) is 12.1 Å². The number of piperidine rings is 1. The number of hydrogen-bond acceptors (Lipinski definition) is 4. The van der Waals surface area contributed by atoms with Gasteiger partial charge in [-0.2, -0.15) is 0 Å². The quantitative estimate of drug-likeness (QED) is 0.859. The van der Waals surface area contributed by atoms with E-state index < -0.39 is 29.0 Å². The van der Waals surface area contributed by atoms with Crippen molar-refractivity contribution in [3.8, 4) is 0 Å². The standard InChI is InChI=1S/C19H25F2N5O/c1-19(2,3)17(14-5-4-12(20)10-15(14)21)23-18(27)16-11-26(25-24-16)13-6-8-22-9-7-13/h4-5,10-11,13,17,22H,6-9H2,1-3H3,(H,23,27). The molecule has 27 heavy (non-hydrogen) atoms. The fraction of sp³-hybridized carbons (Fsp3) is 0.526. The lowest BCUT2D eigenvalue weighted by molar-refractivity contribution is 0.0895. The van der Waals surface area contributed by atoms with Crippen LogP contribution in [0, 0.1) is 17.0 Å². The van der Waals surface area contributed by atoms with Crippen LogP contribution in [0.25, 0.3) is 0 Å². The maximum atomic E-state index is 14.3. The molecule has 2 heterocycles. The van der Waals surface area contributed by atoms with E-state index in [-0.39, 0.29) is 17.3 Å². The van der Waals surface area contributed by atoms with Crippen molar-refractivity contribution in [1.29, 1.82) is 0 Å². The number of carbonyl (C=O) groups is 1. The highest BCUT2D eigenvalue weighted by Gasteiger charge is 2.31. The number of nitrogens with zero attached hydrogens (tertiary/aromatic N) is 3. The molecule has 3 rings (SSSR count). The van der Waals surface area contributed by atoms with Crippen molar-refractivity contribution in [3.05, 3.63) is 47.3 Å². The zero-order valence-corrected chi connectivity index (χ0v) is 15.8. The van der Waals surface area contributed by atoms with Crippen LogP contribution in [0.5, 0.6) is 0 Å². The molecule has 2 aromatic rings. The van der Waals surface area contributed by atoms with Crippen LogP contribution in [0.3, 0.4) is 0 Å². The second-order valence-corrected chi connectivity index (χ2v) is 8.00. The first-order chi connectivity index (χ1) is 12.8. The van der Waals surface area contributed by atoms with E-state index in [0.717, 1.165) is 32.0 Å². The smallest absolute Gasteiger partial charge is 0.273 e. The Balaban J connectivity index is 1.80. The van der Waals surface area contributed by atoms with Crippen molar-refractivity contribution in [2.24, 2.45) is 5.41 Å². The van der Waals surface area contributed by atoms with Gasteiger partial charge in [-0.05, 0) is 37.4 Å². The van der Waals surface area contributed by atoms with E-state index in [1.807, 2.05) is 20.8 Å². The second kappa shape index (κ2) is 7.72. The molecular weight excluding hydrogens is 352 g/mol. The second-order valence-electron chi connectivity index (χ2n) is 8.00. The molecule has 1 aromatic carbocycles. The lowest BCUT2D eigenvalue weighted by Crippen LogP contribution is -2.37. The Bertz CT molecular complexity index is 809. The first kappa shape index (κ1) is 19.4. The molecule has 146 valence electrons. The summed E-state index contributed by atoms with van der Waals surface area (Å²) in [6.07, 6.45) is 3.48. The van der Waals surface area contributed by atoms with E-state index in [9.17, 15) is 13.6 Å². The van der Waals surface area contributed by atoms with Crippen LogP contribution in [0.2, 0.25) is 0 Å². The number of carbonyl (C=O) groups excluding carboxylic acids is 1. The first-order valence-corrected chi connectivity index (χ1v) is 9.14. The molecule has 1 unspecified atom stereocenters. The molecule has 0 radical (unpaired) electrons. The first-order valence-electron chi connectivity index (χ1n) is 9.14. The Morgan fingerprint density at radius 2 is 2.00 bits per heavy atom. The third-order valence-electron chi connectivity index (χ3n) is 4.84. The van der Waals surface area contributed by atoms with Crippen LogP contribution >= 0.6 is 0 Å². The van der Waals surface area contributed by atoms with E-state index >= 15 is 0 Å². The van der Waals surface area contributed by atoms with Crippen LogP contribution in [0.15, 0.2) is 24.4 Å². The van der Waals surface area contributed by atoms with Crippen LogP contribution in [-0.4, -0.2) is 34.0 Å². The molecule has 6 nitrogen and oxygen atoms in total. The highest BCUT2D eigenvalue weighted by atomic mass is 19.1. The Hall–Kier alpha value is -2.35. The van der Waals surface area contributed by atoms with Gasteiger partial charge in [0.15, 0.2) is 5.69 Å². The molecule has 0 spiro atoms. The van der Waals surface area contributed by atoms with Gasteiger partial charge in [0.25, 0.3) is 5.91 Å². The van der Waals surface area contributed by atoms with Gasteiger partial charge in [0.05, 0.1) is 18.3 Å². The van der Waals surface area contributed by atoms with Gasteiger partial charge in [-0.25, -0.2) is 13.5 Å². The van der Waals surface area contributed by atoms with Crippen LogP contribution in [-0.2, 0) is 0 Å². The van der Waals surface area contributed by atoms with Crippen molar-refractivity contribution < 1.29 is 13.6 Å². The van der Waals surface area contributed by atoms with Crippen LogP contribution < -0.4 is 10.6 Å². The summed E-state index contributed by atoms with van der Waals surface area (Å²) >= 11 is 0. The van der Waals surface area contributed by atoms with Crippen LogP contribution in [0.4, 0.5) is 8.78 Å². The fourth-order valence-corrected chi connectivity index (χ4v) is 3.33. The molecule has 1 aliphatic rings. The minimum atomic E-state index is -0.686. The molecule has 0 bridgehead atoms. The SMILES string of the molecule is CC(C)(C)C(NC(=O)c1cn(C2CCNCC2)nn1)c1ccc(F)cc1F. The van der Waals surface area contributed by atoms with Gasteiger partial charge in [-0.1, -0.05) is 32.1 Å². The molecule has 1 amide bonds. The molecule has 2 N–H and O–H groups in total. The predicted molar refractivity (Wildman–Crippen MR) is 97.2 cm³/mol.